The van der Waals surface area contributed by atoms with Crippen molar-refractivity contribution < 1.29 is 24.2 Å². The Morgan fingerprint density at radius 1 is 1.06 bits per heavy atom. The van der Waals surface area contributed by atoms with Crippen molar-refractivity contribution in [2.75, 3.05) is 41.4 Å². The SMILES string of the molecule is COc1cccc([C@H]2/C(=C(\O)c3ccc(C)cc3)C(=O)C(=O)N2CCN(C)C)c1OC. The highest BCUT2D eigenvalue weighted by Gasteiger charge is 2.47. The van der Waals surface area contributed by atoms with E-state index in [0.717, 1.165) is 5.56 Å². The largest absolute Gasteiger partial charge is 0.507 e. The Hall–Kier alpha value is -3.32. The topological polar surface area (TPSA) is 79.3 Å². The predicted octanol–water partition coefficient (Wildman–Crippen LogP) is 3.00. The van der Waals surface area contributed by atoms with Crippen LogP contribution in [0.2, 0.25) is 0 Å². The number of ketones is 1. The molecule has 3 rings (SSSR count). The van der Waals surface area contributed by atoms with E-state index in [2.05, 4.69) is 0 Å². The number of methoxy groups -OCH3 is 2. The van der Waals surface area contributed by atoms with E-state index in [1.807, 2.05) is 38.1 Å². The first kappa shape index (κ1) is 22.4. The molecule has 31 heavy (non-hydrogen) atoms. The summed E-state index contributed by atoms with van der Waals surface area (Å²) in [5.74, 6) is -0.673. The molecule has 0 saturated carbocycles. The molecule has 0 unspecified atom stereocenters. The van der Waals surface area contributed by atoms with Gasteiger partial charge in [0, 0.05) is 24.2 Å². The van der Waals surface area contributed by atoms with Crippen LogP contribution in [0.15, 0.2) is 48.0 Å². The Balaban J connectivity index is 2.23. The number of para-hydroxylation sites is 1. The molecule has 1 saturated heterocycles. The summed E-state index contributed by atoms with van der Waals surface area (Å²) in [5, 5.41) is 11.1. The first-order valence-corrected chi connectivity index (χ1v) is 10.0. The normalized spacial score (nSPS) is 18.0. The van der Waals surface area contributed by atoms with Gasteiger partial charge in [0.2, 0.25) is 0 Å². The highest BCUT2D eigenvalue weighted by atomic mass is 16.5. The second kappa shape index (κ2) is 9.22. The number of likely N-dealkylation sites (N-methyl/N-ethyl adjacent to an activating group) is 1. The van der Waals surface area contributed by atoms with Crippen molar-refractivity contribution in [3.05, 3.63) is 64.7 Å². The molecule has 2 aromatic carbocycles. The summed E-state index contributed by atoms with van der Waals surface area (Å²) < 4.78 is 11.0. The number of hydrogen-bond donors (Lipinski definition) is 1. The van der Waals surface area contributed by atoms with Crippen molar-refractivity contribution in [3.8, 4) is 11.5 Å². The van der Waals surface area contributed by atoms with Gasteiger partial charge in [-0.3, -0.25) is 9.59 Å². The first-order valence-electron chi connectivity index (χ1n) is 10.0. The summed E-state index contributed by atoms with van der Waals surface area (Å²) >= 11 is 0. The highest BCUT2D eigenvalue weighted by Crippen LogP contribution is 2.45. The van der Waals surface area contributed by atoms with E-state index in [1.54, 1.807) is 30.3 Å². The number of benzene rings is 2. The van der Waals surface area contributed by atoms with E-state index in [0.29, 0.717) is 35.7 Å². The molecule has 1 N–H and O–H groups in total. The van der Waals surface area contributed by atoms with E-state index in [-0.39, 0.29) is 11.3 Å². The van der Waals surface area contributed by atoms with Crippen LogP contribution in [-0.2, 0) is 9.59 Å². The molecule has 1 aliphatic rings. The number of rotatable bonds is 7. The minimum atomic E-state index is -0.800. The Labute approximate surface area is 182 Å². The third-order valence-corrected chi connectivity index (χ3v) is 5.38. The van der Waals surface area contributed by atoms with Crippen LogP contribution in [0.1, 0.15) is 22.7 Å². The summed E-state index contributed by atoms with van der Waals surface area (Å²) in [6.07, 6.45) is 0. The van der Waals surface area contributed by atoms with Gasteiger partial charge in [0.1, 0.15) is 5.76 Å². The Morgan fingerprint density at radius 3 is 2.32 bits per heavy atom. The minimum Gasteiger partial charge on any atom is -0.507 e. The van der Waals surface area contributed by atoms with Crippen LogP contribution in [0.5, 0.6) is 11.5 Å². The molecule has 7 nitrogen and oxygen atoms in total. The Kier molecular flexibility index (Phi) is 6.65. The molecule has 1 amide bonds. The minimum absolute atomic E-state index is 0.0409. The standard InChI is InChI=1S/C24H28N2O5/c1-15-9-11-16(12-10-15)21(27)19-20(17-7-6-8-18(30-4)23(17)31-5)26(14-13-25(2)3)24(29)22(19)28/h6-12,20,27H,13-14H2,1-5H3/b21-19+/t20-/m0/s1. The van der Waals surface area contributed by atoms with Crippen LogP contribution in [0.25, 0.3) is 5.76 Å². The number of ether oxygens (including phenoxy) is 2. The molecule has 1 aliphatic heterocycles. The van der Waals surface area contributed by atoms with Crippen LogP contribution in [0, 0.1) is 6.92 Å². The highest BCUT2D eigenvalue weighted by molar-refractivity contribution is 6.46. The van der Waals surface area contributed by atoms with E-state index < -0.39 is 17.7 Å². The fraction of sp³-hybridized carbons (Fsp3) is 0.333. The molecule has 2 aromatic rings. The molecule has 1 heterocycles. The summed E-state index contributed by atoms with van der Waals surface area (Å²) in [4.78, 5) is 29.5. The molecular formula is C24H28N2O5. The molecule has 0 spiro atoms. The number of aliphatic hydroxyl groups excluding tert-OH is 1. The second-order valence-electron chi connectivity index (χ2n) is 7.74. The average molecular weight is 424 g/mol. The number of amides is 1. The average Bonchev–Trinajstić information content (AvgIpc) is 3.01. The molecule has 0 aromatic heterocycles. The van der Waals surface area contributed by atoms with Gasteiger partial charge in [-0.05, 0) is 27.1 Å². The Bertz CT molecular complexity index is 1010. The summed E-state index contributed by atoms with van der Waals surface area (Å²) in [6.45, 7) is 2.80. The van der Waals surface area contributed by atoms with Crippen molar-refractivity contribution in [1.29, 1.82) is 0 Å². The number of nitrogens with zero attached hydrogens (tertiary/aromatic N) is 2. The van der Waals surface area contributed by atoms with Gasteiger partial charge in [0.15, 0.2) is 11.5 Å². The van der Waals surface area contributed by atoms with Gasteiger partial charge in [0.25, 0.3) is 11.7 Å². The van der Waals surface area contributed by atoms with E-state index in [1.165, 1.54) is 19.1 Å². The van der Waals surface area contributed by atoms with Gasteiger partial charge in [-0.25, -0.2) is 0 Å². The molecule has 7 heteroatoms. The zero-order valence-electron chi connectivity index (χ0n) is 18.5. The number of hydrogen-bond acceptors (Lipinski definition) is 6. The molecular weight excluding hydrogens is 396 g/mol. The summed E-state index contributed by atoms with van der Waals surface area (Å²) in [7, 11) is 6.82. The zero-order chi connectivity index (χ0) is 22.7. The van der Waals surface area contributed by atoms with Crippen LogP contribution in [-0.4, -0.2) is 68.0 Å². The van der Waals surface area contributed by atoms with Gasteiger partial charge < -0.3 is 24.4 Å². The van der Waals surface area contributed by atoms with Crippen molar-refractivity contribution in [1.82, 2.24) is 9.80 Å². The number of Topliss-reactive ketones (excluding diaryl/α,β-unsaturated/α-hetero) is 1. The van der Waals surface area contributed by atoms with Crippen molar-refractivity contribution >= 4 is 17.4 Å². The van der Waals surface area contributed by atoms with E-state index in [9.17, 15) is 14.7 Å². The quantitative estimate of drug-likeness (QED) is 0.418. The van der Waals surface area contributed by atoms with E-state index >= 15 is 0 Å². The number of aryl methyl sites for hydroxylation is 1. The lowest BCUT2D eigenvalue weighted by Crippen LogP contribution is -2.35. The number of aliphatic hydroxyl groups is 1. The molecule has 0 radical (unpaired) electrons. The smallest absolute Gasteiger partial charge is 0.295 e. The maximum absolute atomic E-state index is 13.1. The fourth-order valence-electron chi connectivity index (χ4n) is 3.74. The third kappa shape index (κ3) is 4.27. The lowest BCUT2D eigenvalue weighted by Gasteiger charge is -2.28. The van der Waals surface area contributed by atoms with Gasteiger partial charge in [-0.2, -0.15) is 0 Å². The molecule has 0 bridgehead atoms. The summed E-state index contributed by atoms with van der Waals surface area (Å²) in [5.41, 5.74) is 2.12. The monoisotopic (exact) mass is 424 g/mol. The maximum atomic E-state index is 13.1. The van der Waals surface area contributed by atoms with Crippen molar-refractivity contribution in [2.24, 2.45) is 0 Å². The van der Waals surface area contributed by atoms with Crippen molar-refractivity contribution in [3.63, 3.8) is 0 Å². The number of carbonyl (C=O) groups is 2. The maximum Gasteiger partial charge on any atom is 0.295 e. The molecule has 164 valence electrons. The molecule has 0 aliphatic carbocycles. The lowest BCUT2D eigenvalue weighted by atomic mass is 9.94. The summed E-state index contributed by atoms with van der Waals surface area (Å²) in [6, 6.07) is 11.7. The predicted molar refractivity (Wildman–Crippen MR) is 118 cm³/mol. The van der Waals surface area contributed by atoms with Crippen LogP contribution >= 0.6 is 0 Å². The fourth-order valence-corrected chi connectivity index (χ4v) is 3.74. The Morgan fingerprint density at radius 2 is 1.74 bits per heavy atom. The number of likely N-dealkylation sites (tertiary alicyclic amines) is 1. The van der Waals surface area contributed by atoms with Gasteiger partial charge in [0.05, 0.1) is 25.8 Å². The third-order valence-electron chi connectivity index (χ3n) is 5.38. The molecule has 1 atom stereocenters. The van der Waals surface area contributed by atoms with E-state index in [4.69, 9.17) is 9.47 Å². The van der Waals surface area contributed by atoms with Gasteiger partial charge in [-0.15, -0.1) is 0 Å². The van der Waals surface area contributed by atoms with Crippen LogP contribution in [0.3, 0.4) is 0 Å². The van der Waals surface area contributed by atoms with Gasteiger partial charge in [-0.1, -0.05) is 42.0 Å². The van der Waals surface area contributed by atoms with Crippen molar-refractivity contribution in [2.45, 2.75) is 13.0 Å². The van der Waals surface area contributed by atoms with Gasteiger partial charge >= 0.3 is 0 Å². The van der Waals surface area contributed by atoms with Crippen LogP contribution in [0.4, 0.5) is 0 Å². The molecule has 1 fully saturated rings. The zero-order valence-corrected chi connectivity index (χ0v) is 18.5. The van der Waals surface area contributed by atoms with Crippen LogP contribution < -0.4 is 9.47 Å². The first-order chi connectivity index (χ1) is 14.8. The number of carbonyl (C=O) groups excluding carboxylic acids is 2. The second-order valence-corrected chi connectivity index (χ2v) is 7.74. The lowest BCUT2D eigenvalue weighted by molar-refractivity contribution is -0.140.